The number of piperidine rings is 1. The summed E-state index contributed by atoms with van der Waals surface area (Å²) < 4.78 is 5.43. The van der Waals surface area contributed by atoms with Gasteiger partial charge >= 0.3 is 6.09 Å². The SMILES string of the molecule is CC1CCN(C2CCN(C(=O)OC(C)(C)C)CC2)C1. The van der Waals surface area contributed by atoms with Crippen LogP contribution in [-0.4, -0.2) is 53.7 Å². The van der Waals surface area contributed by atoms with Gasteiger partial charge in [-0.25, -0.2) is 4.79 Å². The van der Waals surface area contributed by atoms with Crippen LogP contribution >= 0.6 is 0 Å². The van der Waals surface area contributed by atoms with Crippen LogP contribution in [0.15, 0.2) is 0 Å². The van der Waals surface area contributed by atoms with Crippen molar-refractivity contribution in [1.29, 1.82) is 0 Å². The van der Waals surface area contributed by atoms with Gasteiger partial charge in [-0.05, 0) is 52.5 Å². The predicted octanol–water partition coefficient (Wildman–Crippen LogP) is 2.73. The quantitative estimate of drug-likeness (QED) is 0.733. The summed E-state index contributed by atoms with van der Waals surface area (Å²) in [5.41, 5.74) is -0.391. The largest absolute Gasteiger partial charge is 0.444 e. The maximum Gasteiger partial charge on any atom is 0.410 e. The predicted molar refractivity (Wildman–Crippen MR) is 76.2 cm³/mol. The van der Waals surface area contributed by atoms with E-state index in [0.717, 1.165) is 31.8 Å². The van der Waals surface area contributed by atoms with Crippen LogP contribution in [0.25, 0.3) is 0 Å². The van der Waals surface area contributed by atoms with Gasteiger partial charge in [0.05, 0.1) is 0 Å². The maximum atomic E-state index is 12.0. The van der Waals surface area contributed by atoms with Crippen molar-refractivity contribution >= 4 is 6.09 Å². The Kier molecular flexibility index (Phi) is 4.39. The van der Waals surface area contributed by atoms with Crippen LogP contribution in [0.5, 0.6) is 0 Å². The van der Waals surface area contributed by atoms with Crippen molar-refractivity contribution in [3.63, 3.8) is 0 Å². The molecule has 0 bridgehead atoms. The monoisotopic (exact) mass is 268 g/mol. The number of hydrogen-bond donors (Lipinski definition) is 0. The number of carbonyl (C=O) groups excluding carboxylic acids is 1. The minimum absolute atomic E-state index is 0.152. The first-order valence-corrected chi connectivity index (χ1v) is 7.57. The molecule has 4 nitrogen and oxygen atoms in total. The molecule has 19 heavy (non-hydrogen) atoms. The number of ether oxygens (including phenoxy) is 1. The van der Waals surface area contributed by atoms with E-state index in [-0.39, 0.29) is 6.09 Å². The molecule has 0 aromatic carbocycles. The molecule has 2 saturated heterocycles. The Balaban J connectivity index is 1.77. The summed E-state index contributed by atoms with van der Waals surface area (Å²) in [6, 6.07) is 0.670. The first-order valence-electron chi connectivity index (χ1n) is 7.57. The smallest absolute Gasteiger partial charge is 0.410 e. The fraction of sp³-hybridized carbons (Fsp3) is 0.933. The van der Waals surface area contributed by atoms with E-state index in [1.165, 1.54) is 19.5 Å². The van der Waals surface area contributed by atoms with E-state index in [0.29, 0.717) is 6.04 Å². The fourth-order valence-electron chi connectivity index (χ4n) is 3.04. The molecule has 0 spiro atoms. The van der Waals surface area contributed by atoms with E-state index >= 15 is 0 Å². The Bertz CT molecular complexity index is 317. The zero-order chi connectivity index (χ0) is 14.0. The molecule has 1 amide bonds. The second kappa shape index (κ2) is 5.70. The van der Waals surface area contributed by atoms with Gasteiger partial charge in [0.15, 0.2) is 0 Å². The van der Waals surface area contributed by atoms with Gasteiger partial charge in [-0.3, -0.25) is 4.90 Å². The molecule has 0 radical (unpaired) electrons. The second-order valence-corrected chi connectivity index (χ2v) is 7.09. The van der Waals surface area contributed by atoms with E-state index < -0.39 is 5.60 Å². The average Bonchev–Trinajstić information content (AvgIpc) is 2.74. The van der Waals surface area contributed by atoms with Crippen LogP contribution in [0.4, 0.5) is 4.79 Å². The fourth-order valence-corrected chi connectivity index (χ4v) is 3.04. The summed E-state index contributed by atoms with van der Waals surface area (Å²) in [6.45, 7) is 12.2. The summed E-state index contributed by atoms with van der Waals surface area (Å²) >= 11 is 0. The molecular weight excluding hydrogens is 240 g/mol. The van der Waals surface area contributed by atoms with Crippen molar-refractivity contribution in [3.05, 3.63) is 0 Å². The van der Waals surface area contributed by atoms with E-state index in [1.807, 2.05) is 25.7 Å². The molecule has 2 fully saturated rings. The third-order valence-corrected chi connectivity index (χ3v) is 4.09. The van der Waals surface area contributed by atoms with E-state index in [9.17, 15) is 4.79 Å². The Hall–Kier alpha value is -0.770. The Morgan fingerprint density at radius 3 is 2.21 bits per heavy atom. The van der Waals surface area contributed by atoms with Gasteiger partial charge in [-0.15, -0.1) is 0 Å². The van der Waals surface area contributed by atoms with Gasteiger partial charge in [0.2, 0.25) is 0 Å². The number of carbonyl (C=O) groups is 1. The highest BCUT2D eigenvalue weighted by molar-refractivity contribution is 5.68. The second-order valence-electron chi connectivity index (χ2n) is 7.09. The van der Waals surface area contributed by atoms with Gasteiger partial charge in [-0.2, -0.15) is 0 Å². The molecule has 2 heterocycles. The van der Waals surface area contributed by atoms with E-state index in [4.69, 9.17) is 4.74 Å². The van der Waals surface area contributed by atoms with Crippen molar-refractivity contribution in [2.24, 2.45) is 5.92 Å². The summed E-state index contributed by atoms with van der Waals surface area (Å²) in [6.07, 6.45) is 3.35. The minimum atomic E-state index is -0.391. The lowest BCUT2D eigenvalue weighted by molar-refractivity contribution is 0.0154. The number of hydrogen-bond acceptors (Lipinski definition) is 3. The number of amides is 1. The van der Waals surface area contributed by atoms with E-state index in [1.54, 1.807) is 0 Å². The van der Waals surface area contributed by atoms with Crippen molar-refractivity contribution in [2.75, 3.05) is 26.2 Å². The van der Waals surface area contributed by atoms with Gasteiger partial charge < -0.3 is 9.64 Å². The number of rotatable bonds is 1. The molecule has 0 aromatic rings. The topological polar surface area (TPSA) is 32.8 Å². The third kappa shape index (κ3) is 4.10. The van der Waals surface area contributed by atoms with E-state index in [2.05, 4.69) is 11.8 Å². The summed E-state index contributed by atoms with van der Waals surface area (Å²) in [4.78, 5) is 16.5. The van der Waals surface area contributed by atoms with Crippen molar-refractivity contribution < 1.29 is 9.53 Å². The van der Waals surface area contributed by atoms with Crippen molar-refractivity contribution in [2.45, 2.75) is 58.6 Å². The molecule has 0 aliphatic carbocycles. The summed E-state index contributed by atoms with van der Waals surface area (Å²) in [5.74, 6) is 0.837. The van der Waals surface area contributed by atoms with Crippen LogP contribution in [0.1, 0.15) is 47.0 Å². The normalized spacial score (nSPS) is 26.7. The lowest BCUT2D eigenvalue weighted by atomic mass is 10.0. The standard InChI is InChI=1S/C15H28N2O2/c1-12-5-8-17(11-12)13-6-9-16(10-7-13)14(18)19-15(2,3)4/h12-13H,5-11H2,1-4H3. The van der Waals surface area contributed by atoms with Crippen molar-refractivity contribution in [1.82, 2.24) is 9.80 Å². The molecule has 0 aromatic heterocycles. The average molecular weight is 268 g/mol. The van der Waals surface area contributed by atoms with Crippen molar-refractivity contribution in [3.8, 4) is 0 Å². The van der Waals surface area contributed by atoms with Gasteiger partial charge in [0, 0.05) is 25.7 Å². The first kappa shape index (κ1) is 14.6. The maximum absolute atomic E-state index is 12.0. The molecule has 2 rings (SSSR count). The summed E-state index contributed by atoms with van der Waals surface area (Å²) in [7, 11) is 0. The van der Waals surface area contributed by atoms with Crippen LogP contribution in [0.2, 0.25) is 0 Å². The summed E-state index contributed by atoms with van der Waals surface area (Å²) in [5, 5.41) is 0. The first-order chi connectivity index (χ1) is 8.85. The van der Waals surface area contributed by atoms with Gasteiger partial charge in [0.1, 0.15) is 5.60 Å². The Labute approximate surface area is 117 Å². The highest BCUT2D eigenvalue weighted by Crippen LogP contribution is 2.24. The van der Waals surface area contributed by atoms with Crippen LogP contribution in [0, 0.1) is 5.92 Å². The minimum Gasteiger partial charge on any atom is -0.444 e. The lowest BCUT2D eigenvalue weighted by Gasteiger charge is -2.37. The molecule has 1 unspecified atom stereocenters. The molecule has 2 aliphatic heterocycles. The third-order valence-electron chi connectivity index (χ3n) is 4.09. The molecule has 2 aliphatic rings. The molecular formula is C15H28N2O2. The van der Waals surface area contributed by atoms with Crippen LogP contribution in [0.3, 0.4) is 0 Å². The molecule has 0 N–H and O–H groups in total. The molecule has 0 saturated carbocycles. The van der Waals surface area contributed by atoms with Gasteiger partial charge in [-0.1, -0.05) is 6.92 Å². The van der Waals surface area contributed by atoms with Gasteiger partial charge in [0.25, 0.3) is 0 Å². The zero-order valence-electron chi connectivity index (χ0n) is 12.8. The molecule has 1 atom stereocenters. The Morgan fingerprint density at radius 1 is 1.11 bits per heavy atom. The molecule has 110 valence electrons. The number of nitrogens with zero attached hydrogens (tertiary/aromatic N) is 2. The zero-order valence-corrected chi connectivity index (χ0v) is 12.8. The highest BCUT2D eigenvalue weighted by Gasteiger charge is 2.31. The highest BCUT2D eigenvalue weighted by atomic mass is 16.6. The number of likely N-dealkylation sites (tertiary alicyclic amines) is 2. The Morgan fingerprint density at radius 2 is 1.74 bits per heavy atom. The van der Waals surface area contributed by atoms with Crippen LogP contribution < -0.4 is 0 Å². The lowest BCUT2D eigenvalue weighted by Crippen LogP contribution is -2.47. The van der Waals surface area contributed by atoms with Crippen LogP contribution in [-0.2, 0) is 4.74 Å². The molecule has 4 heteroatoms.